The highest BCUT2D eigenvalue weighted by Gasteiger charge is 2.38. The molecule has 0 unspecified atom stereocenters. The number of ether oxygens (including phenoxy) is 2. The maximum atomic E-state index is 13.9. The molecule has 6 N–H and O–H groups in total. The van der Waals surface area contributed by atoms with Crippen molar-refractivity contribution in [3.05, 3.63) is 71.8 Å². The minimum absolute atomic E-state index is 0.156. The van der Waals surface area contributed by atoms with Gasteiger partial charge in [0.2, 0.25) is 11.8 Å². The van der Waals surface area contributed by atoms with Crippen LogP contribution < -0.4 is 21.3 Å². The van der Waals surface area contributed by atoms with Crippen LogP contribution in [0.5, 0.6) is 0 Å². The fraction of sp³-hybridized carbons (Fsp3) is 0.579. The van der Waals surface area contributed by atoms with Crippen molar-refractivity contribution in [3.63, 3.8) is 0 Å². The number of morpholine rings is 2. The maximum absolute atomic E-state index is 13.9. The smallest absolute Gasteiger partial charge is 0.318 e. The van der Waals surface area contributed by atoms with Gasteiger partial charge in [-0.05, 0) is 35.8 Å². The van der Waals surface area contributed by atoms with E-state index in [1.54, 1.807) is 9.80 Å². The Morgan fingerprint density at radius 2 is 0.904 bits per heavy atom. The molecule has 2 heterocycles. The fourth-order valence-corrected chi connectivity index (χ4v) is 6.32. The van der Waals surface area contributed by atoms with Gasteiger partial charge in [-0.1, -0.05) is 88.4 Å². The van der Waals surface area contributed by atoms with E-state index in [-0.39, 0.29) is 36.7 Å². The number of amides is 6. The lowest BCUT2D eigenvalue weighted by Gasteiger charge is -2.36. The van der Waals surface area contributed by atoms with Gasteiger partial charge in [-0.3, -0.25) is 9.59 Å². The summed E-state index contributed by atoms with van der Waals surface area (Å²) in [4.78, 5) is 57.1. The van der Waals surface area contributed by atoms with Gasteiger partial charge in [0.05, 0.1) is 38.5 Å². The topological polar surface area (TPSA) is 182 Å². The van der Waals surface area contributed by atoms with E-state index in [0.717, 1.165) is 11.1 Å². The van der Waals surface area contributed by atoms with Crippen LogP contribution in [0.25, 0.3) is 0 Å². The van der Waals surface area contributed by atoms with Gasteiger partial charge < -0.3 is 50.8 Å². The predicted octanol–water partition coefficient (Wildman–Crippen LogP) is 1.30. The van der Waals surface area contributed by atoms with Gasteiger partial charge in [0.15, 0.2) is 0 Å². The summed E-state index contributed by atoms with van der Waals surface area (Å²) < 4.78 is 10.7. The molecule has 2 saturated heterocycles. The van der Waals surface area contributed by atoms with E-state index >= 15 is 0 Å². The summed E-state index contributed by atoms with van der Waals surface area (Å²) in [5, 5.41) is 35.3. The number of rotatable bonds is 15. The van der Waals surface area contributed by atoms with Crippen LogP contribution >= 0.6 is 0 Å². The first kappa shape index (κ1) is 40.5. The van der Waals surface area contributed by atoms with E-state index in [4.69, 9.17) is 9.47 Å². The van der Waals surface area contributed by atoms with Crippen LogP contribution in [0, 0.1) is 11.8 Å². The first-order valence-corrected chi connectivity index (χ1v) is 18.3. The molecule has 14 heteroatoms. The van der Waals surface area contributed by atoms with E-state index in [1.165, 1.54) is 0 Å². The molecule has 0 spiro atoms. The van der Waals surface area contributed by atoms with E-state index in [1.807, 2.05) is 88.4 Å². The van der Waals surface area contributed by atoms with Crippen LogP contribution in [0.2, 0.25) is 0 Å². The van der Waals surface area contributed by atoms with E-state index < -0.39 is 48.2 Å². The SMILES string of the molecule is CC(C)[C@H](NC(=O)N1CCOCC1)C(=O)N[C@@H](Cc1ccccc1)[C@H](O)[C@H](O)[C@H](Cc1ccccc1)NC(=O)[C@H](NC(=O)N1CCOCC1)C(C)C. The standard InChI is InChI=1S/C38H56N6O8/c1-25(2)31(41-37(49)43-15-19-51-20-16-43)35(47)39-29(23-27-11-7-5-8-12-27)33(45)34(46)30(24-28-13-9-6-10-14-28)40-36(48)32(26(3)4)42-38(50)44-17-21-52-22-18-44/h5-14,25-26,29-34,45-46H,15-24H2,1-4H3,(H,39,47)(H,40,48)(H,41,49)(H,42,50)/t29-,30-,31-,32+,33-,34+/m0/s1. The van der Waals surface area contributed by atoms with Crippen molar-refractivity contribution in [2.75, 3.05) is 52.6 Å². The second-order valence-corrected chi connectivity index (χ2v) is 14.1. The number of aliphatic hydroxyl groups excluding tert-OH is 2. The molecule has 0 saturated carbocycles. The van der Waals surface area contributed by atoms with Crippen LogP contribution in [-0.4, -0.2) is 133 Å². The highest BCUT2D eigenvalue weighted by Crippen LogP contribution is 2.17. The Bertz CT molecular complexity index is 1310. The highest BCUT2D eigenvalue weighted by atomic mass is 16.5. The fourth-order valence-electron chi connectivity index (χ4n) is 6.32. The first-order valence-electron chi connectivity index (χ1n) is 18.3. The molecule has 0 aromatic heterocycles. The molecule has 2 fully saturated rings. The number of hydrogen-bond donors (Lipinski definition) is 6. The predicted molar refractivity (Wildman–Crippen MR) is 195 cm³/mol. The number of aliphatic hydroxyl groups is 2. The Labute approximate surface area is 306 Å². The molecule has 0 bridgehead atoms. The van der Waals surface area contributed by atoms with Crippen LogP contribution in [0.15, 0.2) is 60.7 Å². The molecule has 14 nitrogen and oxygen atoms in total. The van der Waals surface area contributed by atoms with Crippen molar-refractivity contribution in [1.82, 2.24) is 31.1 Å². The number of nitrogens with zero attached hydrogens (tertiary/aromatic N) is 2. The zero-order chi connectivity index (χ0) is 37.6. The second kappa shape index (κ2) is 20.1. The van der Waals surface area contributed by atoms with Crippen LogP contribution in [0.3, 0.4) is 0 Å². The second-order valence-electron chi connectivity index (χ2n) is 14.1. The molecule has 2 aromatic carbocycles. The summed E-state index contributed by atoms with van der Waals surface area (Å²) in [6.07, 6.45) is -2.80. The zero-order valence-corrected chi connectivity index (χ0v) is 30.7. The molecule has 286 valence electrons. The van der Waals surface area contributed by atoms with Crippen molar-refractivity contribution < 1.29 is 38.9 Å². The monoisotopic (exact) mass is 724 g/mol. The maximum Gasteiger partial charge on any atom is 0.318 e. The lowest BCUT2D eigenvalue weighted by atomic mass is 9.90. The highest BCUT2D eigenvalue weighted by molar-refractivity contribution is 5.88. The average Bonchev–Trinajstić information content (AvgIpc) is 3.15. The Kier molecular flexibility index (Phi) is 15.7. The van der Waals surface area contributed by atoms with Gasteiger partial charge in [0, 0.05) is 26.2 Å². The van der Waals surface area contributed by atoms with Crippen LogP contribution in [0.1, 0.15) is 38.8 Å². The zero-order valence-electron chi connectivity index (χ0n) is 30.7. The Morgan fingerprint density at radius 1 is 0.577 bits per heavy atom. The van der Waals surface area contributed by atoms with Crippen molar-refractivity contribution in [2.45, 2.75) is 76.9 Å². The molecule has 4 rings (SSSR count). The number of carbonyl (C=O) groups excluding carboxylic acids is 4. The molecule has 2 aromatic rings. The van der Waals surface area contributed by atoms with Gasteiger partial charge in [-0.15, -0.1) is 0 Å². The van der Waals surface area contributed by atoms with Gasteiger partial charge >= 0.3 is 12.1 Å². The van der Waals surface area contributed by atoms with Crippen molar-refractivity contribution in [3.8, 4) is 0 Å². The lowest BCUT2D eigenvalue weighted by molar-refractivity contribution is -0.129. The number of benzene rings is 2. The minimum atomic E-state index is -1.55. The minimum Gasteiger partial charge on any atom is -0.388 e. The van der Waals surface area contributed by atoms with Gasteiger partial charge in [-0.2, -0.15) is 0 Å². The van der Waals surface area contributed by atoms with Crippen LogP contribution in [0.4, 0.5) is 9.59 Å². The molecule has 2 aliphatic rings. The summed E-state index contributed by atoms with van der Waals surface area (Å²) in [6.45, 7) is 10.5. The van der Waals surface area contributed by atoms with E-state index in [0.29, 0.717) is 52.6 Å². The number of nitrogens with one attached hydrogen (secondary N) is 4. The molecular weight excluding hydrogens is 668 g/mol. The van der Waals surface area contributed by atoms with Crippen LogP contribution in [-0.2, 0) is 31.9 Å². The number of carbonyl (C=O) groups is 4. The van der Waals surface area contributed by atoms with E-state index in [2.05, 4.69) is 21.3 Å². The lowest BCUT2D eigenvalue weighted by Crippen LogP contribution is -2.62. The quantitative estimate of drug-likeness (QED) is 0.159. The van der Waals surface area contributed by atoms with Crippen molar-refractivity contribution in [2.24, 2.45) is 11.8 Å². The normalized spacial score (nSPS) is 18.5. The van der Waals surface area contributed by atoms with Crippen molar-refractivity contribution in [1.29, 1.82) is 0 Å². The summed E-state index contributed by atoms with van der Waals surface area (Å²) in [5.74, 6) is -1.62. The van der Waals surface area contributed by atoms with Gasteiger partial charge in [0.25, 0.3) is 0 Å². The third-order valence-corrected chi connectivity index (χ3v) is 9.48. The largest absolute Gasteiger partial charge is 0.388 e. The molecule has 0 radical (unpaired) electrons. The molecule has 52 heavy (non-hydrogen) atoms. The Hall–Kier alpha value is -4.24. The number of urea groups is 2. The van der Waals surface area contributed by atoms with E-state index in [9.17, 15) is 29.4 Å². The van der Waals surface area contributed by atoms with Gasteiger partial charge in [-0.25, -0.2) is 9.59 Å². The third kappa shape index (κ3) is 11.9. The summed E-state index contributed by atoms with van der Waals surface area (Å²) >= 11 is 0. The third-order valence-electron chi connectivity index (χ3n) is 9.48. The summed E-state index contributed by atoms with van der Waals surface area (Å²) in [5.41, 5.74) is 1.60. The molecule has 6 atom stereocenters. The van der Waals surface area contributed by atoms with Crippen molar-refractivity contribution >= 4 is 23.9 Å². The summed E-state index contributed by atoms with van der Waals surface area (Å²) in [7, 11) is 0. The Morgan fingerprint density at radius 3 is 1.21 bits per heavy atom. The molecule has 0 aliphatic carbocycles. The average molecular weight is 725 g/mol. The van der Waals surface area contributed by atoms with Gasteiger partial charge in [0.1, 0.15) is 24.3 Å². The molecular formula is C38H56N6O8. The first-order chi connectivity index (χ1) is 24.9. The Balaban J connectivity index is 1.56. The summed E-state index contributed by atoms with van der Waals surface area (Å²) in [6, 6.07) is 13.8. The number of hydrogen-bond acceptors (Lipinski definition) is 8. The molecule has 6 amide bonds. The molecule has 2 aliphatic heterocycles.